The van der Waals surface area contributed by atoms with Gasteiger partial charge in [0, 0.05) is 5.57 Å². The van der Waals surface area contributed by atoms with Crippen LogP contribution in [-0.2, 0) is 16.2 Å². The van der Waals surface area contributed by atoms with Gasteiger partial charge in [-0.05, 0) is 47.9 Å². The largest absolute Gasteiger partial charge is 0.872 e. The Hall–Kier alpha value is -4.10. The molecule has 1 N–H and O–H groups in total. The van der Waals surface area contributed by atoms with Gasteiger partial charge < -0.3 is 24.4 Å². The Morgan fingerprint density at radius 1 is 0.973 bits per heavy atom. The van der Waals surface area contributed by atoms with Crippen molar-refractivity contribution in [2.75, 3.05) is 34.3 Å². The number of carbonyl (C=O) groups is 2. The smallest absolute Gasteiger partial charge is 0.295 e. The maximum Gasteiger partial charge on any atom is 0.295 e. The lowest BCUT2D eigenvalue weighted by atomic mass is 9.95. The fourth-order valence-electron chi connectivity index (χ4n) is 4.40. The normalized spacial score (nSPS) is 16.9. The summed E-state index contributed by atoms with van der Waals surface area (Å²) in [5.74, 6) is -0.594. The van der Waals surface area contributed by atoms with Gasteiger partial charge in [0.25, 0.3) is 5.91 Å². The molecule has 7 heteroatoms. The van der Waals surface area contributed by atoms with Crippen LogP contribution in [0.25, 0.3) is 5.76 Å². The Morgan fingerprint density at radius 3 is 2.27 bits per heavy atom. The van der Waals surface area contributed by atoms with Crippen LogP contribution in [-0.4, -0.2) is 50.9 Å². The summed E-state index contributed by atoms with van der Waals surface area (Å²) in [4.78, 5) is 28.8. The van der Waals surface area contributed by atoms with Crippen molar-refractivity contribution in [1.82, 2.24) is 4.90 Å². The summed E-state index contributed by atoms with van der Waals surface area (Å²) < 4.78 is 11.1. The number of ketones is 1. The number of carbonyl (C=O) groups excluding carboxylic acids is 2. The molecule has 1 amide bonds. The Balaban J connectivity index is 1.64. The second kappa shape index (κ2) is 11.3. The fraction of sp³-hybridized carbons (Fsp3) is 0.267. The number of methoxy groups -OCH3 is 1. The van der Waals surface area contributed by atoms with Crippen LogP contribution in [0.5, 0.6) is 11.5 Å². The number of nitrogens with one attached hydrogen (secondary N) is 1. The van der Waals surface area contributed by atoms with E-state index < -0.39 is 23.5 Å². The van der Waals surface area contributed by atoms with E-state index in [9.17, 15) is 14.7 Å². The lowest BCUT2D eigenvalue weighted by Crippen LogP contribution is -3.06. The van der Waals surface area contributed by atoms with E-state index in [1.165, 1.54) is 4.90 Å². The molecule has 3 aromatic carbocycles. The van der Waals surface area contributed by atoms with E-state index in [0.29, 0.717) is 42.3 Å². The number of amides is 1. The van der Waals surface area contributed by atoms with E-state index in [4.69, 9.17) is 9.47 Å². The van der Waals surface area contributed by atoms with E-state index in [0.717, 1.165) is 16.0 Å². The standard InChI is InChI=1S/C30H32N2O5/c1-20-6-5-7-21(18-20)19-37-25-14-10-23(11-15-25)28(33)26-27(22-8-12-24(36-4)13-9-22)32(17-16-31(2)3)30(35)29(26)34/h5-15,18,27,33H,16-17,19H2,1-4H3. The van der Waals surface area contributed by atoms with Crippen LogP contribution >= 0.6 is 0 Å². The van der Waals surface area contributed by atoms with Crippen molar-refractivity contribution < 1.29 is 29.1 Å². The molecule has 1 fully saturated rings. The maximum atomic E-state index is 13.6. The second-order valence-electron chi connectivity index (χ2n) is 9.51. The number of hydrogen-bond donors (Lipinski definition) is 1. The molecule has 3 aromatic rings. The first-order valence-electron chi connectivity index (χ1n) is 12.3. The van der Waals surface area contributed by atoms with Crippen LogP contribution in [0.2, 0.25) is 0 Å². The number of rotatable bonds is 9. The summed E-state index contributed by atoms with van der Waals surface area (Å²) in [5, 5.41) is 13.6. The van der Waals surface area contributed by atoms with Crippen LogP contribution < -0.4 is 19.5 Å². The van der Waals surface area contributed by atoms with Crippen LogP contribution in [0, 0.1) is 6.92 Å². The molecule has 0 aromatic heterocycles. The van der Waals surface area contributed by atoms with E-state index in [1.54, 1.807) is 55.6 Å². The number of hydrogen-bond acceptors (Lipinski definition) is 5. The van der Waals surface area contributed by atoms with Gasteiger partial charge in [-0.25, -0.2) is 0 Å². The lowest BCUT2D eigenvalue weighted by Gasteiger charge is -2.28. The monoisotopic (exact) mass is 500 g/mol. The van der Waals surface area contributed by atoms with E-state index in [-0.39, 0.29) is 5.57 Å². The number of benzene rings is 3. The quantitative estimate of drug-likeness (QED) is 0.276. The number of nitrogens with zero attached hydrogens (tertiary/aromatic N) is 1. The summed E-state index contributed by atoms with van der Waals surface area (Å²) in [6, 6.07) is 21.1. The highest BCUT2D eigenvalue weighted by atomic mass is 16.5. The van der Waals surface area contributed by atoms with Gasteiger partial charge in [0.1, 0.15) is 18.1 Å². The van der Waals surface area contributed by atoms with Gasteiger partial charge in [-0.2, -0.15) is 0 Å². The molecule has 1 unspecified atom stereocenters. The molecule has 0 aliphatic carbocycles. The van der Waals surface area contributed by atoms with Gasteiger partial charge >= 0.3 is 0 Å². The Labute approximate surface area is 217 Å². The third-order valence-electron chi connectivity index (χ3n) is 6.42. The van der Waals surface area contributed by atoms with Gasteiger partial charge in [0.05, 0.1) is 40.3 Å². The molecule has 4 rings (SSSR count). The van der Waals surface area contributed by atoms with E-state index in [1.807, 2.05) is 39.2 Å². The molecule has 0 spiro atoms. The van der Waals surface area contributed by atoms with Crippen LogP contribution in [0.3, 0.4) is 0 Å². The minimum atomic E-state index is -0.755. The van der Waals surface area contributed by atoms with E-state index in [2.05, 4.69) is 6.07 Å². The van der Waals surface area contributed by atoms with Crippen molar-refractivity contribution in [2.45, 2.75) is 19.6 Å². The predicted octanol–water partition coefficient (Wildman–Crippen LogP) is 1.95. The number of likely N-dealkylation sites (tertiary alicyclic amines) is 1. The third kappa shape index (κ3) is 5.84. The van der Waals surface area contributed by atoms with Crippen molar-refractivity contribution in [3.8, 4) is 11.5 Å². The average Bonchev–Trinajstić information content (AvgIpc) is 3.15. The van der Waals surface area contributed by atoms with Gasteiger partial charge in [0.2, 0.25) is 5.78 Å². The van der Waals surface area contributed by atoms with Crippen molar-refractivity contribution in [1.29, 1.82) is 0 Å². The fourth-order valence-corrected chi connectivity index (χ4v) is 4.40. The highest BCUT2D eigenvalue weighted by Crippen LogP contribution is 2.39. The number of quaternary nitrogens is 1. The topological polar surface area (TPSA) is 83.3 Å². The molecule has 192 valence electrons. The molecule has 37 heavy (non-hydrogen) atoms. The first-order chi connectivity index (χ1) is 17.8. The molecule has 0 bridgehead atoms. The summed E-state index contributed by atoms with van der Waals surface area (Å²) >= 11 is 0. The van der Waals surface area contributed by atoms with Gasteiger partial charge in [-0.15, -0.1) is 0 Å². The lowest BCUT2D eigenvalue weighted by molar-refractivity contribution is -0.857. The Bertz CT molecular complexity index is 1300. The molecule has 1 atom stereocenters. The first kappa shape index (κ1) is 26.0. The molecule has 1 aliphatic heterocycles. The summed E-state index contributed by atoms with van der Waals surface area (Å²) in [6.07, 6.45) is 0. The molecule has 1 aliphatic rings. The molecule has 0 saturated carbocycles. The zero-order valence-corrected chi connectivity index (χ0v) is 21.6. The Kier molecular flexibility index (Phi) is 7.94. The minimum absolute atomic E-state index is 0.0302. The van der Waals surface area contributed by atoms with Crippen molar-refractivity contribution >= 4 is 17.4 Å². The van der Waals surface area contributed by atoms with Gasteiger partial charge in [-0.3, -0.25) is 9.59 Å². The number of Topliss-reactive ketones (excluding diaryl/α,β-unsaturated/α-hetero) is 1. The zero-order chi connectivity index (χ0) is 26.5. The van der Waals surface area contributed by atoms with Crippen LogP contribution in [0.4, 0.5) is 0 Å². The third-order valence-corrected chi connectivity index (χ3v) is 6.42. The minimum Gasteiger partial charge on any atom is -0.872 e. The van der Waals surface area contributed by atoms with Crippen molar-refractivity contribution in [3.63, 3.8) is 0 Å². The molecule has 7 nitrogen and oxygen atoms in total. The maximum absolute atomic E-state index is 13.6. The summed E-state index contributed by atoms with van der Waals surface area (Å²) in [6.45, 7) is 3.42. The summed E-state index contributed by atoms with van der Waals surface area (Å²) in [7, 11) is 5.52. The van der Waals surface area contributed by atoms with Crippen LogP contribution in [0.1, 0.15) is 28.3 Å². The molecular formula is C30H32N2O5. The van der Waals surface area contributed by atoms with Crippen molar-refractivity contribution in [2.24, 2.45) is 0 Å². The second-order valence-corrected chi connectivity index (χ2v) is 9.51. The number of aryl methyl sites for hydroxylation is 1. The molecule has 1 saturated heterocycles. The number of likely N-dealkylation sites (N-methyl/N-ethyl adjacent to an activating group) is 1. The van der Waals surface area contributed by atoms with Crippen LogP contribution in [0.15, 0.2) is 78.4 Å². The average molecular weight is 501 g/mol. The molecule has 0 radical (unpaired) electrons. The highest BCUT2D eigenvalue weighted by molar-refractivity contribution is 6.46. The molecular weight excluding hydrogens is 468 g/mol. The highest BCUT2D eigenvalue weighted by Gasteiger charge is 2.44. The summed E-state index contributed by atoms with van der Waals surface area (Å²) in [5.41, 5.74) is 3.19. The number of ether oxygens (including phenoxy) is 2. The van der Waals surface area contributed by atoms with Gasteiger partial charge in [-0.1, -0.05) is 59.9 Å². The molecule has 1 heterocycles. The predicted molar refractivity (Wildman–Crippen MR) is 139 cm³/mol. The van der Waals surface area contributed by atoms with Crippen molar-refractivity contribution in [3.05, 3.63) is 101 Å². The van der Waals surface area contributed by atoms with E-state index >= 15 is 0 Å². The van der Waals surface area contributed by atoms with Gasteiger partial charge in [0.15, 0.2) is 0 Å². The first-order valence-corrected chi connectivity index (χ1v) is 12.3. The zero-order valence-electron chi connectivity index (χ0n) is 21.6. The Morgan fingerprint density at radius 2 is 1.65 bits per heavy atom. The SMILES string of the molecule is COc1ccc(C2C(=C([O-])c3ccc(OCc4cccc(C)c4)cc3)C(=O)C(=O)N2CC[NH+](C)C)cc1.